The molecule has 2 aromatic rings. The quantitative estimate of drug-likeness (QED) is 0.854. The molecule has 0 radical (unpaired) electrons. The average molecular weight is 266 g/mol. The van der Waals surface area contributed by atoms with E-state index in [1.54, 1.807) is 18.2 Å². The van der Waals surface area contributed by atoms with Gasteiger partial charge in [-0.15, -0.1) is 0 Å². The molecule has 0 saturated heterocycles. The number of nitrogens with two attached hydrogens (primary N) is 1. The van der Waals surface area contributed by atoms with Crippen LogP contribution in [0.4, 0.5) is 10.1 Å². The Kier molecular flexibility index (Phi) is 4.18. The van der Waals surface area contributed by atoms with Crippen molar-refractivity contribution in [3.63, 3.8) is 0 Å². The molecule has 0 saturated carbocycles. The molecule has 0 aliphatic rings. The molecule has 2 N–H and O–H groups in total. The van der Waals surface area contributed by atoms with Crippen LogP contribution in [-0.4, -0.2) is 0 Å². The van der Waals surface area contributed by atoms with E-state index < -0.39 is 0 Å². The minimum atomic E-state index is -0.347. The summed E-state index contributed by atoms with van der Waals surface area (Å²) in [7, 11) is 0. The number of benzene rings is 2. The monoisotopic (exact) mass is 265 g/mol. The predicted molar refractivity (Wildman–Crippen MR) is 70.8 cm³/mol. The van der Waals surface area contributed by atoms with Gasteiger partial charge in [0.25, 0.3) is 0 Å². The predicted octanol–water partition coefficient (Wildman–Crippen LogP) is 3.78. The van der Waals surface area contributed by atoms with E-state index in [0.29, 0.717) is 23.9 Å². The van der Waals surface area contributed by atoms with Crippen LogP contribution in [0.1, 0.15) is 11.1 Å². The van der Waals surface area contributed by atoms with E-state index >= 15 is 0 Å². The normalized spacial score (nSPS) is 10.6. The first kappa shape index (κ1) is 12.9. The Labute approximate surface area is 110 Å². The van der Waals surface area contributed by atoms with Crippen molar-refractivity contribution in [2.24, 2.45) is 0 Å². The van der Waals surface area contributed by atoms with Crippen LogP contribution >= 0.6 is 11.6 Å². The summed E-state index contributed by atoms with van der Waals surface area (Å²) in [5.41, 5.74) is 7.69. The molecular weight excluding hydrogens is 253 g/mol. The second kappa shape index (κ2) is 5.85. The van der Waals surface area contributed by atoms with Crippen molar-refractivity contribution in [2.45, 2.75) is 13.2 Å². The summed E-state index contributed by atoms with van der Waals surface area (Å²) in [6.07, 6.45) is 0. The van der Waals surface area contributed by atoms with Gasteiger partial charge in [0.05, 0.1) is 13.2 Å². The molecule has 0 aromatic heterocycles. The molecule has 0 aliphatic heterocycles. The van der Waals surface area contributed by atoms with Gasteiger partial charge in [-0.3, -0.25) is 0 Å². The van der Waals surface area contributed by atoms with Gasteiger partial charge in [-0.1, -0.05) is 23.7 Å². The van der Waals surface area contributed by atoms with Crippen molar-refractivity contribution in [2.75, 3.05) is 5.73 Å². The van der Waals surface area contributed by atoms with Crippen LogP contribution in [0.3, 0.4) is 0 Å². The minimum absolute atomic E-state index is 0.324. The summed E-state index contributed by atoms with van der Waals surface area (Å²) in [6, 6.07) is 11.8. The maximum atomic E-state index is 13.1. The van der Waals surface area contributed by atoms with Crippen molar-refractivity contribution >= 4 is 17.3 Å². The topological polar surface area (TPSA) is 35.2 Å². The van der Waals surface area contributed by atoms with Crippen molar-refractivity contribution in [3.8, 4) is 0 Å². The lowest BCUT2D eigenvalue weighted by molar-refractivity contribution is 0.107. The largest absolute Gasteiger partial charge is 0.399 e. The Hall–Kier alpha value is -1.58. The third-order valence-corrected chi connectivity index (χ3v) is 2.68. The van der Waals surface area contributed by atoms with Crippen molar-refractivity contribution in [1.82, 2.24) is 0 Å². The standard InChI is InChI=1S/C14H13ClFNO/c15-12-3-1-10(2-4-12)8-18-9-11-5-13(16)7-14(17)6-11/h1-7H,8-9,17H2. The smallest absolute Gasteiger partial charge is 0.125 e. The van der Waals surface area contributed by atoms with Crippen LogP contribution in [-0.2, 0) is 18.0 Å². The third-order valence-electron chi connectivity index (χ3n) is 2.43. The van der Waals surface area contributed by atoms with E-state index in [2.05, 4.69) is 0 Å². The Balaban J connectivity index is 1.90. The highest BCUT2D eigenvalue weighted by atomic mass is 35.5. The molecule has 0 atom stereocenters. The molecule has 94 valence electrons. The van der Waals surface area contributed by atoms with Crippen molar-refractivity contribution in [3.05, 3.63) is 64.4 Å². The fourth-order valence-corrected chi connectivity index (χ4v) is 1.75. The molecule has 0 unspecified atom stereocenters. The number of anilines is 1. The highest BCUT2D eigenvalue weighted by Gasteiger charge is 2.00. The maximum Gasteiger partial charge on any atom is 0.125 e. The van der Waals surface area contributed by atoms with E-state index in [-0.39, 0.29) is 5.82 Å². The lowest BCUT2D eigenvalue weighted by atomic mass is 10.2. The van der Waals surface area contributed by atoms with E-state index in [4.69, 9.17) is 22.1 Å². The number of hydrogen-bond acceptors (Lipinski definition) is 2. The second-order valence-electron chi connectivity index (χ2n) is 4.01. The van der Waals surface area contributed by atoms with Crippen LogP contribution in [0.25, 0.3) is 0 Å². The minimum Gasteiger partial charge on any atom is -0.399 e. The van der Waals surface area contributed by atoms with Gasteiger partial charge in [-0.05, 0) is 41.5 Å². The summed E-state index contributed by atoms with van der Waals surface area (Å²) < 4.78 is 18.6. The van der Waals surface area contributed by atoms with E-state index in [1.165, 1.54) is 12.1 Å². The van der Waals surface area contributed by atoms with Gasteiger partial charge >= 0.3 is 0 Å². The van der Waals surface area contributed by atoms with Gasteiger partial charge in [-0.25, -0.2) is 4.39 Å². The number of hydrogen-bond donors (Lipinski definition) is 1. The molecular formula is C14H13ClFNO. The molecule has 0 bridgehead atoms. The third kappa shape index (κ3) is 3.72. The zero-order valence-corrected chi connectivity index (χ0v) is 10.5. The highest BCUT2D eigenvalue weighted by molar-refractivity contribution is 6.30. The Morgan fingerprint density at radius 2 is 1.67 bits per heavy atom. The maximum absolute atomic E-state index is 13.1. The second-order valence-corrected chi connectivity index (χ2v) is 4.45. The van der Waals surface area contributed by atoms with Crippen LogP contribution in [0.15, 0.2) is 42.5 Å². The molecule has 18 heavy (non-hydrogen) atoms. The van der Waals surface area contributed by atoms with E-state index in [9.17, 15) is 4.39 Å². The Morgan fingerprint density at radius 3 is 2.33 bits per heavy atom. The van der Waals surface area contributed by atoms with Crippen LogP contribution in [0.2, 0.25) is 5.02 Å². The Morgan fingerprint density at radius 1 is 1.00 bits per heavy atom. The number of ether oxygens (including phenoxy) is 1. The zero-order chi connectivity index (χ0) is 13.0. The Bertz CT molecular complexity index is 508. The van der Waals surface area contributed by atoms with Crippen molar-refractivity contribution in [1.29, 1.82) is 0 Å². The summed E-state index contributed by atoms with van der Waals surface area (Å²) in [5.74, 6) is -0.347. The molecule has 2 nitrogen and oxygen atoms in total. The van der Waals surface area contributed by atoms with Crippen LogP contribution in [0.5, 0.6) is 0 Å². The van der Waals surface area contributed by atoms with Gasteiger partial charge in [0.1, 0.15) is 5.82 Å². The first-order chi connectivity index (χ1) is 8.63. The lowest BCUT2D eigenvalue weighted by Crippen LogP contribution is -1.96. The molecule has 0 heterocycles. The first-order valence-corrected chi connectivity index (χ1v) is 5.88. The molecule has 0 fully saturated rings. The fourth-order valence-electron chi connectivity index (χ4n) is 1.63. The fraction of sp³-hybridized carbons (Fsp3) is 0.143. The van der Waals surface area contributed by atoms with Crippen LogP contribution < -0.4 is 5.73 Å². The molecule has 4 heteroatoms. The van der Waals surface area contributed by atoms with Gasteiger partial charge in [-0.2, -0.15) is 0 Å². The molecule has 2 aromatic carbocycles. The van der Waals surface area contributed by atoms with E-state index in [0.717, 1.165) is 11.1 Å². The number of halogens is 2. The summed E-state index contributed by atoms with van der Waals surface area (Å²) in [5, 5.41) is 0.691. The van der Waals surface area contributed by atoms with Crippen LogP contribution in [0, 0.1) is 5.82 Å². The first-order valence-electron chi connectivity index (χ1n) is 5.50. The molecule has 2 rings (SSSR count). The lowest BCUT2D eigenvalue weighted by Gasteiger charge is -2.06. The van der Waals surface area contributed by atoms with Gasteiger partial charge < -0.3 is 10.5 Å². The molecule has 0 aliphatic carbocycles. The zero-order valence-electron chi connectivity index (χ0n) is 9.70. The van der Waals surface area contributed by atoms with Gasteiger partial charge in [0.15, 0.2) is 0 Å². The molecule has 0 amide bonds. The van der Waals surface area contributed by atoms with Gasteiger partial charge in [0, 0.05) is 10.7 Å². The van der Waals surface area contributed by atoms with Crippen molar-refractivity contribution < 1.29 is 9.13 Å². The highest BCUT2D eigenvalue weighted by Crippen LogP contribution is 2.14. The number of nitrogen functional groups attached to an aromatic ring is 1. The molecule has 0 spiro atoms. The summed E-state index contributed by atoms with van der Waals surface area (Å²) >= 11 is 5.78. The van der Waals surface area contributed by atoms with E-state index in [1.807, 2.05) is 12.1 Å². The number of rotatable bonds is 4. The summed E-state index contributed by atoms with van der Waals surface area (Å²) in [6.45, 7) is 0.776. The van der Waals surface area contributed by atoms with Gasteiger partial charge in [0.2, 0.25) is 0 Å². The average Bonchev–Trinajstić information content (AvgIpc) is 2.30. The summed E-state index contributed by atoms with van der Waals surface area (Å²) in [4.78, 5) is 0. The SMILES string of the molecule is Nc1cc(F)cc(COCc2ccc(Cl)cc2)c1.